The number of carbonyl (C=O) groups is 1. The van der Waals surface area contributed by atoms with E-state index in [1.165, 1.54) is 12.8 Å². The van der Waals surface area contributed by atoms with Gasteiger partial charge in [0.05, 0.1) is 6.61 Å². The number of ether oxygens (including phenoxy) is 1. The Kier molecular flexibility index (Phi) is 3.36. The quantitative estimate of drug-likeness (QED) is 0.577. The summed E-state index contributed by atoms with van der Waals surface area (Å²) in [5, 5.41) is 10.6. The van der Waals surface area contributed by atoms with Gasteiger partial charge in [-0.2, -0.15) is 0 Å². The van der Waals surface area contributed by atoms with E-state index in [1.807, 2.05) is 0 Å². The van der Waals surface area contributed by atoms with E-state index in [1.54, 1.807) is 0 Å². The van der Waals surface area contributed by atoms with E-state index in [9.17, 15) is 9.90 Å². The zero-order chi connectivity index (χ0) is 11.6. The van der Waals surface area contributed by atoms with Crippen molar-refractivity contribution in [3.63, 3.8) is 0 Å². The molecule has 1 saturated heterocycles. The summed E-state index contributed by atoms with van der Waals surface area (Å²) >= 11 is 0. The maximum atomic E-state index is 11.5. The van der Waals surface area contributed by atoms with Crippen molar-refractivity contribution in [2.45, 2.75) is 69.5 Å². The molecule has 1 aliphatic heterocycles. The van der Waals surface area contributed by atoms with Gasteiger partial charge in [0, 0.05) is 12.8 Å². The van der Waals surface area contributed by atoms with Gasteiger partial charge in [-0.25, -0.2) is 0 Å². The number of aliphatic hydroxyl groups is 1. The molecular formula is C13H22O3. The fraction of sp³-hybridized carbons (Fsp3) is 0.923. The van der Waals surface area contributed by atoms with E-state index >= 15 is 0 Å². The number of rotatable bonds is 5. The molecule has 0 radical (unpaired) electrons. The molecule has 0 unspecified atom stereocenters. The SMILES string of the molecule is CCCCCC[C@]1(O)CC(=O)CC[C@]12CO2. The highest BCUT2D eigenvalue weighted by Gasteiger charge is 2.62. The molecule has 0 aromatic rings. The summed E-state index contributed by atoms with van der Waals surface area (Å²) < 4.78 is 5.46. The van der Waals surface area contributed by atoms with Crippen LogP contribution in [0.2, 0.25) is 0 Å². The summed E-state index contributed by atoms with van der Waals surface area (Å²) in [5.74, 6) is 0.194. The second-order valence-corrected chi connectivity index (χ2v) is 5.34. The van der Waals surface area contributed by atoms with Gasteiger partial charge < -0.3 is 9.84 Å². The van der Waals surface area contributed by atoms with Gasteiger partial charge in [-0.05, 0) is 12.8 Å². The Bertz CT molecular complexity index is 270. The predicted molar refractivity (Wildman–Crippen MR) is 61.2 cm³/mol. The highest BCUT2D eigenvalue weighted by atomic mass is 16.6. The predicted octanol–water partition coefficient (Wildman–Crippen LogP) is 2.21. The van der Waals surface area contributed by atoms with Gasteiger partial charge in [0.15, 0.2) is 0 Å². The number of unbranched alkanes of at least 4 members (excludes halogenated alkanes) is 3. The van der Waals surface area contributed by atoms with Crippen molar-refractivity contribution in [1.29, 1.82) is 0 Å². The van der Waals surface area contributed by atoms with Crippen molar-refractivity contribution in [3.8, 4) is 0 Å². The molecule has 0 bridgehead atoms. The Labute approximate surface area is 97.2 Å². The first kappa shape index (κ1) is 12.1. The Balaban J connectivity index is 1.89. The zero-order valence-electron chi connectivity index (χ0n) is 10.1. The molecule has 16 heavy (non-hydrogen) atoms. The molecule has 1 saturated carbocycles. The van der Waals surface area contributed by atoms with Crippen molar-refractivity contribution in [2.24, 2.45) is 0 Å². The Morgan fingerprint density at radius 1 is 1.38 bits per heavy atom. The van der Waals surface area contributed by atoms with Gasteiger partial charge in [0.1, 0.15) is 17.0 Å². The van der Waals surface area contributed by atoms with Gasteiger partial charge >= 0.3 is 0 Å². The number of ketones is 1. The summed E-state index contributed by atoms with van der Waals surface area (Å²) in [4.78, 5) is 11.5. The molecular weight excluding hydrogens is 204 g/mol. The van der Waals surface area contributed by atoms with E-state index in [-0.39, 0.29) is 11.4 Å². The highest BCUT2D eigenvalue weighted by Crippen LogP contribution is 2.49. The first-order valence-electron chi connectivity index (χ1n) is 6.50. The first-order chi connectivity index (χ1) is 7.62. The number of hydrogen-bond acceptors (Lipinski definition) is 3. The van der Waals surface area contributed by atoms with E-state index in [2.05, 4.69) is 6.92 Å². The average Bonchev–Trinajstić information content (AvgIpc) is 3.02. The molecule has 2 aliphatic rings. The fourth-order valence-electron chi connectivity index (χ4n) is 2.81. The Morgan fingerprint density at radius 3 is 2.75 bits per heavy atom. The van der Waals surface area contributed by atoms with Crippen molar-refractivity contribution < 1.29 is 14.6 Å². The van der Waals surface area contributed by atoms with Gasteiger partial charge in [-0.15, -0.1) is 0 Å². The minimum Gasteiger partial charge on any atom is -0.386 e. The minimum absolute atomic E-state index is 0.194. The van der Waals surface area contributed by atoms with Crippen molar-refractivity contribution in [1.82, 2.24) is 0 Å². The first-order valence-corrected chi connectivity index (χ1v) is 6.50. The van der Waals surface area contributed by atoms with E-state index in [0.717, 1.165) is 25.7 Å². The van der Waals surface area contributed by atoms with Crippen LogP contribution < -0.4 is 0 Å². The molecule has 1 aliphatic carbocycles. The van der Waals surface area contributed by atoms with Crippen LogP contribution in [0.4, 0.5) is 0 Å². The van der Waals surface area contributed by atoms with Gasteiger partial charge in [0.2, 0.25) is 0 Å². The van der Waals surface area contributed by atoms with Gasteiger partial charge in [-0.1, -0.05) is 32.6 Å². The van der Waals surface area contributed by atoms with E-state index in [4.69, 9.17) is 4.74 Å². The number of carbonyl (C=O) groups excluding carboxylic acids is 1. The lowest BCUT2D eigenvalue weighted by Gasteiger charge is -2.37. The monoisotopic (exact) mass is 226 g/mol. The normalized spacial score (nSPS) is 38.0. The van der Waals surface area contributed by atoms with E-state index < -0.39 is 5.60 Å². The standard InChI is InChI=1S/C13H22O3/c1-2-3-4-5-7-12(15)9-11(14)6-8-13(12)10-16-13/h15H,2-10H2,1H3/t12-,13-/m0/s1. The van der Waals surface area contributed by atoms with Crippen LogP contribution in [0.5, 0.6) is 0 Å². The lowest BCUT2D eigenvalue weighted by molar-refractivity contribution is -0.136. The van der Waals surface area contributed by atoms with Gasteiger partial charge in [0.25, 0.3) is 0 Å². The molecule has 1 heterocycles. The van der Waals surface area contributed by atoms with Crippen LogP contribution in [-0.2, 0) is 9.53 Å². The van der Waals surface area contributed by atoms with Crippen LogP contribution >= 0.6 is 0 Å². The maximum absolute atomic E-state index is 11.5. The zero-order valence-corrected chi connectivity index (χ0v) is 10.1. The molecule has 92 valence electrons. The summed E-state index contributed by atoms with van der Waals surface area (Å²) in [6.45, 7) is 2.81. The Hall–Kier alpha value is -0.410. The van der Waals surface area contributed by atoms with Crippen LogP contribution in [0, 0.1) is 0 Å². The second-order valence-electron chi connectivity index (χ2n) is 5.34. The maximum Gasteiger partial charge on any atom is 0.136 e. The molecule has 2 rings (SSSR count). The van der Waals surface area contributed by atoms with Crippen molar-refractivity contribution in [3.05, 3.63) is 0 Å². The summed E-state index contributed by atoms with van der Waals surface area (Å²) in [6, 6.07) is 0. The van der Waals surface area contributed by atoms with E-state index in [0.29, 0.717) is 19.4 Å². The Morgan fingerprint density at radius 2 is 2.12 bits per heavy atom. The summed E-state index contributed by atoms with van der Waals surface area (Å²) in [5.41, 5.74) is -1.22. The van der Waals surface area contributed by atoms with Crippen LogP contribution in [0.15, 0.2) is 0 Å². The lowest BCUT2D eigenvalue weighted by Crippen LogP contribution is -2.50. The molecule has 1 spiro atoms. The van der Waals surface area contributed by atoms with Crippen LogP contribution in [-0.4, -0.2) is 28.7 Å². The third kappa shape index (κ3) is 2.16. The second kappa shape index (κ2) is 4.46. The number of Topliss-reactive ketones (excluding diaryl/α,β-unsaturated/α-hetero) is 1. The highest BCUT2D eigenvalue weighted by molar-refractivity contribution is 5.81. The van der Waals surface area contributed by atoms with Crippen molar-refractivity contribution >= 4 is 5.78 Å². The molecule has 3 nitrogen and oxygen atoms in total. The smallest absolute Gasteiger partial charge is 0.136 e. The number of hydrogen-bond donors (Lipinski definition) is 1. The lowest BCUT2D eigenvalue weighted by atomic mass is 9.72. The van der Waals surface area contributed by atoms with Crippen LogP contribution in [0.1, 0.15) is 58.3 Å². The minimum atomic E-state index is -0.865. The van der Waals surface area contributed by atoms with Crippen LogP contribution in [0.3, 0.4) is 0 Å². The average molecular weight is 226 g/mol. The molecule has 0 aromatic carbocycles. The van der Waals surface area contributed by atoms with Crippen molar-refractivity contribution in [2.75, 3.05) is 6.61 Å². The van der Waals surface area contributed by atoms with Crippen LogP contribution in [0.25, 0.3) is 0 Å². The topological polar surface area (TPSA) is 49.8 Å². The summed E-state index contributed by atoms with van der Waals surface area (Å²) in [7, 11) is 0. The largest absolute Gasteiger partial charge is 0.386 e. The summed E-state index contributed by atoms with van der Waals surface area (Å²) in [6.07, 6.45) is 6.87. The molecule has 3 heteroatoms. The molecule has 0 amide bonds. The third-order valence-electron chi connectivity index (χ3n) is 4.08. The third-order valence-corrected chi connectivity index (χ3v) is 4.08. The van der Waals surface area contributed by atoms with Gasteiger partial charge in [-0.3, -0.25) is 4.79 Å². The fourth-order valence-corrected chi connectivity index (χ4v) is 2.81. The molecule has 2 fully saturated rings. The molecule has 0 aromatic heterocycles. The number of epoxide rings is 1. The molecule has 2 atom stereocenters. The molecule has 1 N–H and O–H groups in total.